The molecule has 0 aliphatic carbocycles. The van der Waals surface area contributed by atoms with Crippen LogP contribution in [0.2, 0.25) is 0 Å². The Bertz CT molecular complexity index is 746. The molecule has 0 heterocycles. The molecule has 2 rings (SSSR count). The highest BCUT2D eigenvalue weighted by Gasteiger charge is 2.12. The van der Waals surface area contributed by atoms with Gasteiger partial charge in [0.05, 0.1) is 19.3 Å². The third-order valence-corrected chi connectivity index (χ3v) is 3.96. The van der Waals surface area contributed by atoms with Crippen LogP contribution in [0.3, 0.4) is 0 Å². The number of ether oxygens (including phenoxy) is 2. The maximum absolute atomic E-state index is 13.7. The van der Waals surface area contributed by atoms with Crippen LogP contribution < -0.4 is 14.8 Å². The van der Waals surface area contributed by atoms with Gasteiger partial charge in [0.25, 0.3) is 0 Å². The minimum atomic E-state index is -0.416. The summed E-state index contributed by atoms with van der Waals surface area (Å²) >= 11 is 0. The summed E-state index contributed by atoms with van der Waals surface area (Å²) in [6.07, 6.45) is 0.855. The van der Waals surface area contributed by atoms with Crippen molar-refractivity contribution in [3.63, 3.8) is 0 Å². The summed E-state index contributed by atoms with van der Waals surface area (Å²) in [4.78, 5) is 12.2. The Morgan fingerprint density at radius 3 is 2.58 bits per heavy atom. The number of nitrogens with one attached hydrogen (secondary N) is 1. The van der Waals surface area contributed by atoms with Gasteiger partial charge >= 0.3 is 0 Å². The molecular weight excluding hydrogens is 333 g/mol. The van der Waals surface area contributed by atoms with E-state index in [-0.39, 0.29) is 30.2 Å². The Kier molecular flexibility index (Phi) is 7.01. The molecule has 0 saturated carbocycles. The number of hydrogen-bond donors (Lipinski definition) is 1. The Labute approximate surface area is 154 Å². The van der Waals surface area contributed by atoms with Gasteiger partial charge in [-0.05, 0) is 62.6 Å². The summed E-state index contributed by atoms with van der Waals surface area (Å²) in [6, 6.07) is 12.3. The normalized spacial score (nSPS) is 11.9. The molecule has 0 fully saturated rings. The summed E-state index contributed by atoms with van der Waals surface area (Å²) in [5.41, 5.74) is 1.74. The molecule has 0 spiro atoms. The van der Waals surface area contributed by atoms with Gasteiger partial charge in [0.15, 0.2) is 11.6 Å². The highest BCUT2D eigenvalue weighted by Crippen LogP contribution is 2.21. The molecule has 0 bridgehead atoms. The topological polar surface area (TPSA) is 47.6 Å². The smallest absolute Gasteiger partial charge is 0.220 e. The van der Waals surface area contributed by atoms with Crippen LogP contribution in [0.1, 0.15) is 44.4 Å². The van der Waals surface area contributed by atoms with Crippen molar-refractivity contribution in [3.05, 3.63) is 59.4 Å². The van der Waals surface area contributed by atoms with Crippen LogP contribution in [0.5, 0.6) is 11.5 Å². The Morgan fingerprint density at radius 2 is 1.92 bits per heavy atom. The van der Waals surface area contributed by atoms with E-state index in [9.17, 15) is 9.18 Å². The first-order chi connectivity index (χ1) is 12.4. The summed E-state index contributed by atoms with van der Waals surface area (Å²) in [5, 5.41) is 2.97. The molecule has 0 saturated heterocycles. The summed E-state index contributed by atoms with van der Waals surface area (Å²) in [6.45, 7) is 5.87. The minimum absolute atomic E-state index is 0.0797. The van der Waals surface area contributed by atoms with Crippen LogP contribution >= 0.6 is 0 Å². The molecule has 140 valence electrons. The SMILES string of the molecule is COc1ccc(CCC(=O)NC(C)c2cccc(OC(C)C)c2)cc1F. The number of carbonyl (C=O) groups is 1. The fourth-order valence-corrected chi connectivity index (χ4v) is 2.65. The van der Waals surface area contributed by atoms with E-state index in [4.69, 9.17) is 9.47 Å². The predicted octanol–water partition coefficient (Wildman–Crippen LogP) is 4.43. The lowest BCUT2D eigenvalue weighted by Gasteiger charge is -2.16. The van der Waals surface area contributed by atoms with Crippen LogP contribution in [0.4, 0.5) is 4.39 Å². The van der Waals surface area contributed by atoms with Crippen molar-refractivity contribution in [2.75, 3.05) is 7.11 Å². The van der Waals surface area contributed by atoms with E-state index < -0.39 is 5.82 Å². The third-order valence-electron chi connectivity index (χ3n) is 3.96. The number of hydrogen-bond acceptors (Lipinski definition) is 3. The van der Waals surface area contributed by atoms with Gasteiger partial charge in [-0.15, -0.1) is 0 Å². The number of rotatable bonds is 8. The molecule has 0 aromatic heterocycles. The van der Waals surface area contributed by atoms with Crippen molar-refractivity contribution in [2.45, 2.75) is 45.8 Å². The van der Waals surface area contributed by atoms with E-state index in [1.165, 1.54) is 13.2 Å². The highest BCUT2D eigenvalue weighted by molar-refractivity contribution is 5.76. The average molecular weight is 359 g/mol. The van der Waals surface area contributed by atoms with Gasteiger partial charge < -0.3 is 14.8 Å². The second kappa shape index (κ2) is 9.22. The van der Waals surface area contributed by atoms with Crippen LogP contribution in [0.15, 0.2) is 42.5 Å². The maximum atomic E-state index is 13.7. The first kappa shape index (κ1) is 19.8. The van der Waals surface area contributed by atoms with E-state index >= 15 is 0 Å². The van der Waals surface area contributed by atoms with Gasteiger partial charge in [0.1, 0.15) is 5.75 Å². The maximum Gasteiger partial charge on any atom is 0.220 e. The van der Waals surface area contributed by atoms with E-state index in [0.29, 0.717) is 6.42 Å². The van der Waals surface area contributed by atoms with Gasteiger partial charge in [0, 0.05) is 6.42 Å². The van der Waals surface area contributed by atoms with Crippen LogP contribution in [0, 0.1) is 5.82 Å². The molecule has 1 N–H and O–H groups in total. The average Bonchev–Trinajstić information content (AvgIpc) is 2.59. The molecule has 2 aromatic carbocycles. The Morgan fingerprint density at radius 1 is 1.15 bits per heavy atom. The van der Waals surface area contributed by atoms with E-state index in [1.807, 2.05) is 45.0 Å². The molecular formula is C21H26FNO3. The van der Waals surface area contributed by atoms with Crippen LogP contribution in [0.25, 0.3) is 0 Å². The predicted molar refractivity (Wildman–Crippen MR) is 100 cm³/mol. The minimum Gasteiger partial charge on any atom is -0.494 e. The van der Waals surface area contributed by atoms with E-state index in [0.717, 1.165) is 16.9 Å². The van der Waals surface area contributed by atoms with Crippen molar-refractivity contribution in [1.29, 1.82) is 0 Å². The largest absolute Gasteiger partial charge is 0.494 e. The van der Waals surface area contributed by atoms with Crippen molar-refractivity contribution in [2.24, 2.45) is 0 Å². The molecule has 0 aliphatic rings. The quantitative estimate of drug-likeness (QED) is 0.758. The molecule has 4 nitrogen and oxygen atoms in total. The van der Waals surface area contributed by atoms with Gasteiger partial charge in [0.2, 0.25) is 5.91 Å². The highest BCUT2D eigenvalue weighted by atomic mass is 19.1. The van der Waals surface area contributed by atoms with Crippen molar-refractivity contribution >= 4 is 5.91 Å². The Balaban J connectivity index is 1.90. The molecule has 2 aromatic rings. The second-order valence-electron chi connectivity index (χ2n) is 6.50. The number of benzene rings is 2. The number of halogens is 1. The number of aryl methyl sites for hydroxylation is 1. The number of carbonyl (C=O) groups excluding carboxylic acids is 1. The molecule has 0 aliphatic heterocycles. The lowest BCUT2D eigenvalue weighted by Crippen LogP contribution is -2.26. The standard InChI is InChI=1S/C21H26FNO3/c1-14(2)26-18-7-5-6-17(13-18)15(3)23-21(24)11-9-16-8-10-20(25-4)19(22)12-16/h5-8,10,12-15H,9,11H2,1-4H3,(H,23,24). The third kappa shape index (κ3) is 5.76. The first-order valence-electron chi connectivity index (χ1n) is 8.77. The van der Waals surface area contributed by atoms with Crippen molar-refractivity contribution in [3.8, 4) is 11.5 Å². The summed E-state index contributed by atoms with van der Waals surface area (Å²) < 4.78 is 24.3. The van der Waals surface area contributed by atoms with Gasteiger partial charge in [-0.3, -0.25) is 4.79 Å². The summed E-state index contributed by atoms with van der Waals surface area (Å²) in [7, 11) is 1.42. The van der Waals surface area contributed by atoms with Crippen molar-refractivity contribution in [1.82, 2.24) is 5.32 Å². The molecule has 1 unspecified atom stereocenters. The fraction of sp³-hybridized carbons (Fsp3) is 0.381. The molecule has 0 radical (unpaired) electrons. The van der Waals surface area contributed by atoms with Crippen LogP contribution in [-0.2, 0) is 11.2 Å². The lowest BCUT2D eigenvalue weighted by molar-refractivity contribution is -0.121. The number of methoxy groups -OCH3 is 1. The van der Waals surface area contributed by atoms with E-state index in [2.05, 4.69) is 5.32 Å². The lowest BCUT2D eigenvalue weighted by atomic mass is 10.1. The Hall–Kier alpha value is -2.56. The molecule has 1 amide bonds. The van der Waals surface area contributed by atoms with Gasteiger partial charge in [-0.1, -0.05) is 18.2 Å². The van der Waals surface area contributed by atoms with Gasteiger partial charge in [-0.2, -0.15) is 0 Å². The van der Waals surface area contributed by atoms with Crippen LogP contribution in [-0.4, -0.2) is 19.1 Å². The van der Waals surface area contributed by atoms with Crippen molar-refractivity contribution < 1.29 is 18.7 Å². The molecule has 5 heteroatoms. The monoisotopic (exact) mass is 359 g/mol. The summed E-state index contributed by atoms with van der Waals surface area (Å²) in [5.74, 6) is 0.493. The number of amides is 1. The first-order valence-corrected chi connectivity index (χ1v) is 8.77. The molecule has 1 atom stereocenters. The zero-order chi connectivity index (χ0) is 19.1. The van der Waals surface area contributed by atoms with E-state index in [1.54, 1.807) is 12.1 Å². The fourth-order valence-electron chi connectivity index (χ4n) is 2.65. The second-order valence-corrected chi connectivity index (χ2v) is 6.50. The zero-order valence-corrected chi connectivity index (χ0v) is 15.7. The zero-order valence-electron chi connectivity index (χ0n) is 15.7. The van der Waals surface area contributed by atoms with Gasteiger partial charge in [-0.25, -0.2) is 4.39 Å². The molecule has 26 heavy (non-hydrogen) atoms.